The maximum atomic E-state index is 14.1. The topological polar surface area (TPSA) is 15.3 Å². The SMILES string of the molecule is C=CCC[C@H](c1cc(I)ccc1F)N1CCNCC1. The Bertz CT molecular complexity index is 430. The van der Waals surface area contributed by atoms with Gasteiger partial charge in [0.15, 0.2) is 0 Å². The Balaban J connectivity index is 2.24. The van der Waals surface area contributed by atoms with Crippen LogP contribution in [0.2, 0.25) is 0 Å². The standard InChI is InChI=1S/C15H20FIN2/c1-2-3-4-15(19-9-7-18-8-10-19)13-11-12(17)5-6-14(13)16/h2,5-6,11,15,18H,1,3-4,7-10H2/t15-/m1/s1. The summed E-state index contributed by atoms with van der Waals surface area (Å²) in [6, 6.07) is 5.54. The third-order valence-electron chi connectivity index (χ3n) is 3.55. The second-order valence-corrected chi connectivity index (χ2v) is 6.08. The lowest BCUT2D eigenvalue weighted by atomic mass is 9.99. The fourth-order valence-corrected chi connectivity index (χ4v) is 3.09. The molecular formula is C15H20FIN2. The lowest BCUT2D eigenvalue weighted by molar-refractivity contribution is 0.163. The van der Waals surface area contributed by atoms with Crippen molar-refractivity contribution in [2.24, 2.45) is 0 Å². The van der Waals surface area contributed by atoms with Crippen LogP contribution in [0.15, 0.2) is 30.9 Å². The second kappa shape index (κ2) is 7.36. The van der Waals surface area contributed by atoms with Crippen LogP contribution in [0.4, 0.5) is 4.39 Å². The third-order valence-corrected chi connectivity index (χ3v) is 4.22. The van der Waals surface area contributed by atoms with Gasteiger partial charge in [-0.05, 0) is 53.6 Å². The van der Waals surface area contributed by atoms with E-state index in [2.05, 4.69) is 39.4 Å². The van der Waals surface area contributed by atoms with E-state index < -0.39 is 0 Å². The van der Waals surface area contributed by atoms with Crippen molar-refractivity contribution < 1.29 is 4.39 Å². The first-order valence-electron chi connectivity index (χ1n) is 6.73. The first-order chi connectivity index (χ1) is 9.22. The van der Waals surface area contributed by atoms with Crippen LogP contribution in [0.1, 0.15) is 24.4 Å². The van der Waals surface area contributed by atoms with Gasteiger partial charge in [0.25, 0.3) is 0 Å². The zero-order valence-electron chi connectivity index (χ0n) is 11.0. The zero-order chi connectivity index (χ0) is 13.7. The number of hydrogen-bond donors (Lipinski definition) is 1. The second-order valence-electron chi connectivity index (χ2n) is 4.83. The predicted molar refractivity (Wildman–Crippen MR) is 85.7 cm³/mol. The van der Waals surface area contributed by atoms with E-state index in [4.69, 9.17) is 0 Å². The van der Waals surface area contributed by atoms with Gasteiger partial charge in [0.1, 0.15) is 5.82 Å². The summed E-state index contributed by atoms with van der Waals surface area (Å²) in [6.07, 6.45) is 3.76. The molecule has 19 heavy (non-hydrogen) atoms. The number of halogens is 2. The smallest absolute Gasteiger partial charge is 0.128 e. The Morgan fingerprint density at radius 3 is 2.84 bits per heavy atom. The predicted octanol–water partition coefficient (Wildman–Crippen LogP) is 3.34. The number of nitrogens with one attached hydrogen (secondary N) is 1. The summed E-state index contributed by atoms with van der Waals surface area (Å²) >= 11 is 2.25. The van der Waals surface area contributed by atoms with Gasteiger partial charge >= 0.3 is 0 Å². The van der Waals surface area contributed by atoms with Crippen molar-refractivity contribution in [2.75, 3.05) is 26.2 Å². The number of piperazine rings is 1. The normalized spacial score (nSPS) is 18.2. The van der Waals surface area contributed by atoms with Crippen LogP contribution in [-0.4, -0.2) is 31.1 Å². The molecule has 0 aliphatic carbocycles. The summed E-state index contributed by atoms with van der Waals surface area (Å²) in [5, 5.41) is 3.35. The molecule has 1 fully saturated rings. The van der Waals surface area contributed by atoms with Crippen molar-refractivity contribution in [3.05, 3.63) is 45.8 Å². The lowest BCUT2D eigenvalue weighted by Crippen LogP contribution is -2.45. The van der Waals surface area contributed by atoms with Crippen molar-refractivity contribution in [3.8, 4) is 0 Å². The molecule has 0 bridgehead atoms. The highest BCUT2D eigenvalue weighted by molar-refractivity contribution is 14.1. The van der Waals surface area contributed by atoms with Gasteiger partial charge in [-0.15, -0.1) is 6.58 Å². The van der Waals surface area contributed by atoms with E-state index in [-0.39, 0.29) is 11.9 Å². The molecule has 0 amide bonds. The highest BCUT2D eigenvalue weighted by Gasteiger charge is 2.24. The minimum Gasteiger partial charge on any atom is -0.314 e. The van der Waals surface area contributed by atoms with Gasteiger partial charge in [-0.25, -0.2) is 4.39 Å². The van der Waals surface area contributed by atoms with Crippen molar-refractivity contribution in [1.29, 1.82) is 0 Å². The Morgan fingerprint density at radius 1 is 1.42 bits per heavy atom. The first-order valence-corrected chi connectivity index (χ1v) is 7.81. The summed E-state index contributed by atoms with van der Waals surface area (Å²) in [5.41, 5.74) is 0.829. The number of hydrogen-bond acceptors (Lipinski definition) is 2. The molecule has 0 unspecified atom stereocenters. The monoisotopic (exact) mass is 374 g/mol. The number of nitrogens with zero attached hydrogens (tertiary/aromatic N) is 1. The Labute approximate surface area is 128 Å². The van der Waals surface area contributed by atoms with Gasteiger partial charge in [-0.3, -0.25) is 4.90 Å². The molecule has 2 rings (SSSR count). The molecule has 1 aliphatic heterocycles. The Hall–Kier alpha value is -0.460. The molecule has 1 aromatic carbocycles. The summed E-state index contributed by atoms with van der Waals surface area (Å²) in [5.74, 6) is -0.0898. The van der Waals surface area contributed by atoms with E-state index in [0.717, 1.165) is 48.2 Å². The van der Waals surface area contributed by atoms with E-state index in [1.807, 2.05) is 18.2 Å². The quantitative estimate of drug-likeness (QED) is 0.628. The van der Waals surface area contributed by atoms with E-state index in [1.54, 1.807) is 6.07 Å². The molecule has 104 valence electrons. The highest BCUT2D eigenvalue weighted by Crippen LogP contribution is 2.29. The maximum absolute atomic E-state index is 14.1. The van der Waals surface area contributed by atoms with Crippen LogP contribution in [0.25, 0.3) is 0 Å². The average Bonchev–Trinajstić information content (AvgIpc) is 2.44. The highest BCUT2D eigenvalue weighted by atomic mass is 127. The minimum absolute atomic E-state index is 0.0898. The van der Waals surface area contributed by atoms with Crippen LogP contribution in [0.5, 0.6) is 0 Å². The van der Waals surface area contributed by atoms with E-state index >= 15 is 0 Å². The number of rotatable bonds is 5. The van der Waals surface area contributed by atoms with E-state index in [0.29, 0.717) is 0 Å². The van der Waals surface area contributed by atoms with Crippen LogP contribution in [-0.2, 0) is 0 Å². The number of benzene rings is 1. The number of allylic oxidation sites excluding steroid dienone is 1. The largest absolute Gasteiger partial charge is 0.314 e. The Kier molecular flexibility index (Phi) is 5.78. The van der Waals surface area contributed by atoms with Crippen molar-refractivity contribution >= 4 is 22.6 Å². The average molecular weight is 374 g/mol. The molecule has 0 radical (unpaired) electrons. The van der Waals surface area contributed by atoms with Crippen LogP contribution in [0, 0.1) is 9.39 Å². The van der Waals surface area contributed by atoms with Gasteiger partial charge in [0.05, 0.1) is 0 Å². The summed E-state index contributed by atoms with van der Waals surface area (Å²) in [7, 11) is 0. The van der Waals surface area contributed by atoms with Crippen LogP contribution < -0.4 is 5.32 Å². The van der Waals surface area contributed by atoms with Crippen LogP contribution in [0.3, 0.4) is 0 Å². The summed E-state index contributed by atoms with van der Waals surface area (Å²) in [4.78, 5) is 2.38. The molecule has 1 saturated heterocycles. The fraction of sp³-hybridized carbons (Fsp3) is 0.467. The van der Waals surface area contributed by atoms with E-state index in [9.17, 15) is 4.39 Å². The Morgan fingerprint density at radius 2 is 2.16 bits per heavy atom. The first kappa shape index (κ1) is 14.9. The molecule has 1 atom stereocenters. The summed E-state index contributed by atoms with van der Waals surface area (Å²) in [6.45, 7) is 7.71. The summed E-state index contributed by atoms with van der Waals surface area (Å²) < 4.78 is 15.2. The van der Waals surface area contributed by atoms with Gasteiger partial charge in [0, 0.05) is 41.4 Å². The zero-order valence-corrected chi connectivity index (χ0v) is 13.2. The van der Waals surface area contributed by atoms with Crippen molar-refractivity contribution in [3.63, 3.8) is 0 Å². The van der Waals surface area contributed by atoms with E-state index in [1.165, 1.54) is 0 Å². The van der Waals surface area contributed by atoms with Gasteiger partial charge < -0.3 is 5.32 Å². The van der Waals surface area contributed by atoms with Crippen molar-refractivity contribution in [1.82, 2.24) is 10.2 Å². The lowest BCUT2D eigenvalue weighted by Gasteiger charge is -2.35. The molecular weight excluding hydrogens is 354 g/mol. The molecule has 0 spiro atoms. The van der Waals surface area contributed by atoms with Crippen molar-refractivity contribution in [2.45, 2.75) is 18.9 Å². The molecule has 4 heteroatoms. The molecule has 1 N–H and O–H groups in total. The van der Waals surface area contributed by atoms with Gasteiger partial charge in [0.2, 0.25) is 0 Å². The fourth-order valence-electron chi connectivity index (χ4n) is 2.57. The molecule has 0 aromatic heterocycles. The third kappa shape index (κ3) is 4.00. The van der Waals surface area contributed by atoms with Crippen LogP contribution >= 0.6 is 22.6 Å². The van der Waals surface area contributed by atoms with Gasteiger partial charge in [-0.1, -0.05) is 6.08 Å². The van der Waals surface area contributed by atoms with Gasteiger partial charge in [-0.2, -0.15) is 0 Å². The molecule has 0 saturated carbocycles. The molecule has 2 nitrogen and oxygen atoms in total. The molecule has 1 aromatic rings. The maximum Gasteiger partial charge on any atom is 0.128 e. The molecule has 1 aliphatic rings. The minimum atomic E-state index is -0.0898. The molecule has 1 heterocycles.